The maximum Gasteiger partial charge on any atom is 0.310 e. The predicted molar refractivity (Wildman–Crippen MR) is 154 cm³/mol. The summed E-state index contributed by atoms with van der Waals surface area (Å²) in [6, 6.07) is 8.21. The molecule has 0 saturated carbocycles. The number of esters is 1. The number of ether oxygens (including phenoxy) is 1. The molecule has 1 N–H and O–H groups in total. The number of hydrogen-bond acceptors (Lipinski definition) is 6. The number of amides is 2. The monoisotopic (exact) mass is 554 g/mol. The van der Waals surface area contributed by atoms with Crippen molar-refractivity contribution in [1.29, 1.82) is 0 Å². The average molecular weight is 555 g/mol. The summed E-state index contributed by atoms with van der Waals surface area (Å²) in [5.74, 6) is -1.95. The van der Waals surface area contributed by atoms with E-state index < -0.39 is 28.7 Å². The minimum Gasteiger partial charge on any atom is -0.465 e. The third-order valence-corrected chi connectivity index (χ3v) is 10.7. The van der Waals surface area contributed by atoms with Gasteiger partial charge in [-0.3, -0.25) is 14.4 Å². The Morgan fingerprint density at radius 3 is 2.59 bits per heavy atom. The van der Waals surface area contributed by atoms with Gasteiger partial charge in [-0.25, -0.2) is 0 Å². The van der Waals surface area contributed by atoms with Crippen LogP contribution in [0.4, 0.5) is 0 Å². The fourth-order valence-electron chi connectivity index (χ4n) is 6.89. The van der Waals surface area contributed by atoms with Crippen LogP contribution < -0.4 is 0 Å². The fraction of sp³-hybridized carbons (Fsp3) is 0.581. The first-order valence-corrected chi connectivity index (χ1v) is 14.9. The maximum absolute atomic E-state index is 14.5. The highest BCUT2D eigenvalue weighted by Gasteiger charge is 2.77. The zero-order chi connectivity index (χ0) is 28.3. The van der Waals surface area contributed by atoms with Crippen molar-refractivity contribution in [3.63, 3.8) is 0 Å². The summed E-state index contributed by atoms with van der Waals surface area (Å²) in [5.41, 5.74) is 0.972. The van der Waals surface area contributed by atoms with Crippen molar-refractivity contribution in [3.05, 3.63) is 61.2 Å². The Morgan fingerprint density at radius 2 is 1.97 bits per heavy atom. The van der Waals surface area contributed by atoms with Gasteiger partial charge in [0.05, 0.1) is 35.8 Å². The SMILES string of the molecule is C=CCCCOC(=O)[C@@H]1[C@H]2C(=O)N([C@@H](CO)Cc3ccccc3)C(C(=O)N(CC=C)C(C)C)C23S[C@@H]1CC3C. The lowest BCUT2D eigenvalue weighted by Crippen LogP contribution is -2.60. The molecule has 39 heavy (non-hydrogen) atoms. The van der Waals surface area contributed by atoms with Gasteiger partial charge in [0.1, 0.15) is 6.04 Å². The van der Waals surface area contributed by atoms with Crippen molar-refractivity contribution in [1.82, 2.24) is 9.80 Å². The van der Waals surface area contributed by atoms with Crippen LogP contribution in [0.25, 0.3) is 0 Å². The second-order valence-electron chi connectivity index (χ2n) is 11.3. The normalized spacial score (nSPS) is 29.8. The molecule has 3 fully saturated rings. The highest BCUT2D eigenvalue weighted by Crippen LogP contribution is 2.69. The Kier molecular flexibility index (Phi) is 9.27. The van der Waals surface area contributed by atoms with Gasteiger partial charge in [-0.05, 0) is 51.0 Å². The summed E-state index contributed by atoms with van der Waals surface area (Å²) in [5, 5.41) is 10.5. The minimum atomic E-state index is -0.790. The number of likely N-dealkylation sites (tertiary alicyclic amines) is 1. The molecule has 3 aliphatic rings. The van der Waals surface area contributed by atoms with Crippen LogP contribution in [0.2, 0.25) is 0 Å². The zero-order valence-corrected chi connectivity index (χ0v) is 24.1. The van der Waals surface area contributed by atoms with Gasteiger partial charge >= 0.3 is 5.97 Å². The molecular formula is C31H42N2O5S. The van der Waals surface area contributed by atoms with Crippen LogP contribution in [0.1, 0.15) is 45.6 Å². The van der Waals surface area contributed by atoms with Crippen molar-refractivity contribution >= 4 is 29.5 Å². The van der Waals surface area contributed by atoms with E-state index in [0.29, 0.717) is 19.4 Å². The number of allylic oxidation sites excluding steroid dienone is 1. The number of hydrogen-bond donors (Lipinski definition) is 1. The quantitative estimate of drug-likeness (QED) is 0.226. The van der Waals surface area contributed by atoms with Gasteiger partial charge < -0.3 is 19.6 Å². The summed E-state index contributed by atoms with van der Waals surface area (Å²) in [6.07, 6.45) is 6.07. The maximum atomic E-state index is 14.5. The van der Waals surface area contributed by atoms with Gasteiger partial charge in [0, 0.05) is 17.8 Å². The molecule has 2 amide bonds. The minimum absolute atomic E-state index is 0.0408. The van der Waals surface area contributed by atoms with Crippen molar-refractivity contribution in [3.8, 4) is 0 Å². The van der Waals surface area contributed by atoms with Gasteiger partial charge in [0.25, 0.3) is 0 Å². The van der Waals surface area contributed by atoms with Gasteiger partial charge in [0.15, 0.2) is 0 Å². The number of carbonyl (C=O) groups is 3. The second-order valence-corrected chi connectivity index (χ2v) is 12.8. The fourth-order valence-corrected chi connectivity index (χ4v) is 9.28. The van der Waals surface area contributed by atoms with E-state index in [1.165, 1.54) is 0 Å². The van der Waals surface area contributed by atoms with Crippen molar-refractivity contribution in [2.75, 3.05) is 19.8 Å². The van der Waals surface area contributed by atoms with E-state index >= 15 is 0 Å². The highest BCUT2D eigenvalue weighted by atomic mass is 32.2. The third-order valence-electron chi connectivity index (χ3n) is 8.64. The lowest BCUT2D eigenvalue weighted by molar-refractivity contribution is -0.155. The number of aliphatic hydroxyl groups excluding tert-OH is 1. The van der Waals surface area contributed by atoms with Crippen LogP contribution in [0, 0.1) is 17.8 Å². The molecule has 3 unspecified atom stereocenters. The average Bonchev–Trinajstić information content (AvgIpc) is 3.52. The van der Waals surface area contributed by atoms with E-state index in [2.05, 4.69) is 20.1 Å². The van der Waals surface area contributed by atoms with Gasteiger partial charge in [0.2, 0.25) is 11.8 Å². The molecule has 0 aromatic heterocycles. The van der Waals surface area contributed by atoms with Crippen LogP contribution in [0.15, 0.2) is 55.6 Å². The van der Waals surface area contributed by atoms with Crippen molar-refractivity contribution < 1.29 is 24.2 Å². The third kappa shape index (κ3) is 5.18. The van der Waals surface area contributed by atoms with Gasteiger partial charge in [-0.15, -0.1) is 24.9 Å². The Labute approximate surface area is 236 Å². The summed E-state index contributed by atoms with van der Waals surface area (Å²) in [6.45, 7) is 13.9. The number of nitrogens with zero attached hydrogens (tertiary/aromatic N) is 2. The first-order chi connectivity index (χ1) is 18.7. The molecule has 1 aromatic rings. The molecule has 1 spiro atoms. The number of benzene rings is 1. The van der Waals surface area contributed by atoms with E-state index in [9.17, 15) is 19.5 Å². The largest absolute Gasteiger partial charge is 0.465 e. The molecule has 2 bridgehead atoms. The molecule has 0 radical (unpaired) electrons. The first kappa shape index (κ1) is 29.4. The second kappa shape index (κ2) is 12.3. The number of fused-ring (bicyclic) bond motifs is 1. The lowest BCUT2D eigenvalue weighted by atomic mass is 9.66. The Hall–Kier alpha value is -2.58. The Morgan fingerprint density at radius 1 is 1.26 bits per heavy atom. The van der Waals surface area contributed by atoms with Crippen LogP contribution in [0.5, 0.6) is 0 Å². The molecule has 3 saturated heterocycles. The molecule has 3 aliphatic heterocycles. The predicted octanol–water partition coefficient (Wildman–Crippen LogP) is 3.86. The standard InChI is InChI=1S/C31H42N2O5S/c1-6-8-12-16-38-30(37)25-24-17-21(5)31(39-24)26(25)28(35)33(23(19-34)18-22-13-10-9-11-14-22)27(31)29(36)32(15-7-2)20(3)4/h6-7,9-11,13-14,20-21,23-27,34H,1-2,8,12,15-19H2,3-5H3/t21?,23-,24-,25+,26+,27?,31?/m1/s1. The van der Waals surface area contributed by atoms with E-state index in [-0.39, 0.29) is 48.2 Å². The van der Waals surface area contributed by atoms with Crippen molar-refractivity contribution in [2.24, 2.45) is 17.8 Å². The molecule has 212 valence electrons. The van der Waals surface area contributed by atoms with E-state index in [1.54, 1.807) is 33.7 Å². The lowest BCUT2D eigenvalue weighted by Gasteiger charge is -2.42. The van der Waals surface area contributed by atoms with Gasteiger partial charge in [-0.2, -0.15) is 0 Å². The molecule has 0 aliphatic carbocycles. The Balaban J connectivity index is 1.76. The smallest absolute Gasteiger partial charge is 0.310 e. The number of aliphatic hydroxyl groups is 1. The van der Waals surface area contributed by atoms with Crippen molar-refractivity contribution in [2.45, 2.75) is 74.6 Å². The van der Waals surface area contributed by atoms with Crippen LogP contribution >= 0.6 is 11.8 Å². The van der Waals surface area contributed by atoms with E-state index in [1.807, 2.05) is 44.2 Å². The molecule has 7 nitrogen and oxygen atoms in total. The van der Waals surface area contributed by atoms with Crippen LogP contribution in [0.3, 0.4) is 0 Å². The summed E-state index contributed by atoms with van der Waals surface area (Å²) < 4.78 is 4.92. The van der Waals surface area contributed by atoms with Gasteiger partial charge in [-0.1, -0.05) is 49.4 Å². The van der Waals surface area contributed by atoms with Crippen LogP contribution in [-0.2, 0) is 25.5 Å². The number of rotatable bonds is 13. The zero-order valence-electron chi connectivity index (χ0n) is 23.3. The summed E-state index contributed by atoms with van der Waals surface area (Å²) in [7, 11) is 0. The molecule has 7 atom stereocenters. The van der Waals surface area contributed by atoms with Crippen LogP contribution in [-0.4, -0.2) is 80.6 Å². The molecule has 3 heterocycles. The van der Waals surface area contributed by atoms with E-state index in [0.717, 1.165) is 18.4 Å². The highest BCUT2D eigenvalue weighted by molar-refractivity contribution is 8.02. The summed E-state index contributed by atoms with van der Waals surface area (Å²) in [4.78, 5) is 45.8. The molecule has 4 rings (SSSR count). The Bertz CT molecular complexity index is 1080. The summed E-state index contributed by atoms with van der Waals surface area (Å²) >= 11 is 1.63. The molecule has 8 heteroatoms. The number of carbonyl (C=O) groups excluding carboxylic acids is 3. The first-order valence-electron chi connectivity index (χ1n) is 14.1. The number of unbranched alkanes of at least 4 members (excludes halogenated alkanes) is 1. The molecular weight excluding hydrogens is 512 g/mol. The molecule has 1 aromatic carbocycles. The number of thioether (sulfide) groups is 1. The van der Waals surface area contributed by atoms with E-state index in [4.69, 9.17) is 4.74 Å². The topological polar surface area (TPSA) is 87.1 Å².